The molecule has 0 spiro atoms. The van der Waals surface area contributed by atoms with Crippen LogP contribution in [0.5, 0.6) is 0 Å². The van der Waals surface area contributed by atoms with Crippen LogP contribution in [0.25, 0.3) is 0 Å². The highest BCUT2D eigenvalue weighted by Gasteiger charge is 2.27. The van der Waals surface area contributed by atoms with Crippen LogP contribution < -0.4 is 10.6 Å². The van der Waals surface area contributed by atoms with Crippen LogP contribution in [0.15, 0.2) is 12.7 Å². The fourth-order valence-corrected chi connectivity index (χ4v) is 1.56. The highest BCUT2D eigenvalue weighted by molar-refractivity contribution is 5.82. The number of carbonyl (C=O) groups excluding carboxylic acids is 1. The van der Waals surface area contributed by atoms with Gasteiger partial charge in [-0.2, -0.15) is 0 Å². The first-order chi connectivity index (χ1) is 7.74. The summed E-state index contributed by atoms with van der Waals surface area (Å²) in [5.41, 5.74) is 0. The van der Waals surface area contributed by atoms with E-state index in [4.69, 9.17) is 4.74 Å². The Kier molecular flexibility index (Phi) is 6.07. The van der Waals surface area contributed by atoms with Crippen molar-refractivity contribution in [2.24, 2.45) is 0 Å². The molecule has 0 aromatic carbocycles. The third-order valence-corrected chi connectivity index (χ3v) is 2.44. The van der Waals surface area contributed by atoms with Gasteiger partial charge in [0.2, 0.25) is 5.91 Å². The maximum Gasteiger partial charge on any atom is 0.237 e. The predicted molar refractivity (Wildman–Crippen MR) is 61.1 cm³/mol. The molecule has 0 saturated carbocycles. The lowest BCUT2D eigenvalue weighted by Gasteiger charge is -2.10. The molecule has 92 valence electrons. The molecule has 0 aliphatic carbocycles. The minimum atomic E-state index is -0.403. The molecule has 5 heteroatoms. The first kappa shape index (κ1) is 13.2. The first-order valence-corrected chi connectivity index (χ1v) is 5.62. The van der Waals surface area contributed by atoms with E-state index in [0.717, 1.165) is 6.42 Å². The summed E-state index contributed by atoms with van der Waals surface area (Å²) >= 11 is 0. The second-order valence-corrected chi connectivity index (χ2v) is 3.83. The van der Waals surface area contributed by atoms with Crippen LogP contribution in [0.1, 0.15) is 12.8 Å². The number of aliphatic hydroxyl groups excluding tert-OH is 1. The van der Waals surface area contributed by atoms with Gasteiger partial charge in [-0.05, 0) is 12.8 Å². The van der Waals surface area contributed by atoms with Crippen molar-refractivity contribution in [2.75, 3.05) is 26.3 Å². The molecule has 2 unspecified atom stereocenters. The van der Waals surface area contributed by atoms with E-state index >= 15 is 0 Å². The molecule has 1 aliphatic heterocycles. The van der Waals surface area contributed by atoms with Crippen LogP contribution in [0, 0.1) is 0 Å². The molecule has 1 heterocycles. The monoisotopic (exact) mass is 228 g/mol. The second-order valence-electron chi connectivity index (χ2n) is 3.83. The zero-order valence-electron chi connectivity index (χ0n) is 9.45. The number of rotatable bonds is 7. The van der Waals surface area contributed by atoms with E-state index in [2.05, 4.69) is 17.2 Å². The minimum absolute atomic E-state index is 0.0659. The molecular formula is C11H20N2O3. The van der Waals surface area contributed by atoms with Crippen LogP contribution in [-0.4, -0.2) is 49.5 Å². The Bertz CT molecular complexity index is 233. The first-order valence-electron chi connectivity index (χ1n) is 5.62. The molecule has 5 nitrogen and oxygen atoms in total. The molecule has 1 rings (SSSR count). The van der Waals surface area contributed by atoms with E-state index in [1.807, 2.05) is 0 Å². The topological polar surface area (TPSA) is 70.6 Å². The van der Waals surface area contributed by atoms with Gasteiger partial charge in [-0.25, -0.2) is 0 Å². The van der Waals surface area contributed by atoms with Gasteiger partial charge in [0, 0.05) is 13.1 Å². The molecule has 0 radical (unpaired) electrons. The molecule has 0 aromatic heterocycles. The van der Waals surface area contributed by atoms with Gasteiger partial charge in [-0.15, -0.1) is 6.58 Å². The summed E-state index contributed by atoms with van der Waals surface area (Å²) in [4.78, 5) is 11.5. The maximum absolute atomic E-state index is 11.5. The molecule has 3 N–H and O–H groups in total. The zero-order chi connectivity index (χ0) is 11.8. The largest absolute Gasteiger partial charge is 0.392 e. The molecular weight excluding hydrogens is 208 g/mol. The lowest BCUT2D eigenvalue weighted by atomic mass is 10.2. The predicted octanol–water partition coefficient (Wildman–Crippen LogP) is -0.582. The van der Waals surface area contributed by atoms with Crippen LogP contribution in [0.3, 0.4) is 0 Å². The minimum Gasteiger partial charge on any atom is -0.392 e. The summed E-state index contributed by atoms with van der Waals surface area (Å²) in [6.07, 6.45) is 2.70. The van der Waals surface area contributed by atoms with Crippen molar-refractivity contribution >= 4 is 5.91 Å². The fourth-order valence-electron chi connectivity index (χ4n) is 1.56. The molecule has 1 saturated heterocycles. The Labute approximate surface area is 95.9 Å². The fraction of sp³-hybridized carbons (Fsp3) is 0.727. The van der Waals surface area contributed by atoms with E-state index in [-0.39, 0.29) is 11.9 Å². The van der Waals surface area contributed by atoms with Crippen molar-refractivity contribution in [3.8, 4) is 0 Å². The summed E-state index contributed by atoms with van der Waals surface area (Å²) in [7, 11) is 0. The third kappa shape index (κ3) is 4.74. The molecule has 16 heavy (non-hydrogen) atoms. The number of amides is 1. The standard InChI is InChI=1S/C11H20N2O3/c1-2-3-5-16-6-4-12-11(15)10-7-9(14)8-13-10/h2,9-10,13-14H,1,3-8H2,(H,12,15). The summed E-state index contributed by atoms with van der Waals surface area (Å²) in [5, 5.41) is 15.0. The summed E-state index contributed by atoms with van der Waals surface area (Å²) in [5.74, 6) is -0.0659. The number of ether oxygens (including phenoxy) is 1. The van der Waals surface area contributed by atoms with Gasteiger partial charge in [-0.3, -0.25) is 4.79 Å². The van der Waals surface area contributed by atoms with E-state index in [1.54, 1.807) is 6.08 Å². The second kappa shape index (κ2) is 7.38. The average molecular weight is 228 g/mol. The molecule has 1 fully saturated rings. The van der Waals surface area contributed by atoms with Crippen molar-refractivity contribution in [2.45, 2.75) is 25.0 Å². The van der Waals surface area contributed by atoms with Crippen molar-refractivity contribution in [1.82, 2.24) is 10.6 Å². The Morgan fingerprint density at radius 3 is 3.06 bits per heavy atom. The van der Waals surface area contributed by atoms with Gasteiger partial charge in [0.15, 0.2) is 0 Å². The summed E-state index contributed by atoms with van der Waals surface area (Å²) < 4.78 is 5.25. The van der Waals surface area contributed by atoms with Crippen molar-refractivity contribution in [3.05, 3.63) is 12.7 Å². The third-order valence-electron chi connectivity index (χ3n) is 2.44. The quantitative estimate of drug-likeness (QED) is 0.403. The van der Waals surface area contributed by atoms with Gasteiger partial charge in [0.25, 0.3) is 0 Å². The van der Waals surface area contributed by atoms with E-state index in [9.17, 15) is 9.90 Å². The number of hydrogen-bond acceptors (Lipinski definition) is 4. The number of aliphatic hydroxyl groups is 1. The lowest BCUT2D eigenvalue weighted by molar-refractivity contribution is -0.123. The van der Waals surface area contributed by atoms with Crippen LogP contribution in [0.4, 0.5) is 0 Å². The Balaban J connectivity index is 2.00. The summed E-state index contributed by atoms with van der Waals surface area (Å²) in [6, 6.07) is -0.261. The van der Waals surface area contributed by atoms with Crippen LogP contribution in [-0.2, 0) is 9.53 Å². The molecule has 1 aliphatic rings. The van der Waals surface area contributed by atoms with Crippen molar-refractivity contribution < 1.29 is 14.6 Å². The molecule has 1 amide bonds. The van der Waals surface area contributed by atoms with E-state index < -0.39 is 6.10 Å². The van der Waals surface area contributed by atoms with Crippen molar-refractivity contribution in [1.29, 1.82) is 0 Å². The maximum atomic E-state index is 11.5. The van der Waals surface area contributed by atoms with Gasteiger partial charge < -0.3 is 20.5 Å². The van der Waals surface area contributed by atoms with Crippen LogP contribution >= 0.6 is 0 Å². The Morgan fingerprint density at radius 2 is 2.44 bits per heavy atom. The van der Waals surface area contributed by atoms with Crippen molar-refractivity contribution in [3.63, 3.8) is 0 Å². The SMILES string of the molecule is C=CCCOCCNC(=O)C1CC(O)CN1. The number of β-amino-alcohol motifs (C(OH)–C–C–N with tert-alkyl or cyclic N) is 1. The van der Waals surface area contributed by atoms with Gasteiger partial charge in [0.05, 0.1) is 25.4 Å². The highest BCUT2D eigenvalue weighted by atomic mass is 16.5. The zero-order valence-corrected chi connectivity index (χ0v) is 9.45. The Hall–Kier alpha value is -0.910. The van der Waals surface area contributed by atoms with E-state index in [0.29, 0.717) is 32.7 Å². The lowest BCUT2D eigenvalue weighted by Crippen LogP contribution is -2.41. The molecule has 2 atom stereocenters. The highest BCUT2D eigenvalue weighted by Crippen LogP contribution is 2.05. The number of nitrogens with one attached hydrogen (secondary N) is 2. The van der Waals surface area contributed by atoms with Gasteiger partial charge >= 0.3 is 0 Å². The van der Waals surface area contributed by atoms with Gasteiger partial charge in [0.1, 0.15) is 0 Å². The molecule has 0 aromatic rings. The van der Waals surface area contributed by atoms with E-state index in [1.165, 1.54) is 0 Å². The number of carbonyl (C=O) groups is 1. The summed E-state index contributed by atoms with van der Waals surface area (Å²) in [6.45, 7) is 5.73. The normalized spacial score (nSPS) is 24.3. The van der Waals surface area contributed by atoms with Gasteiger partial charge in [-0.1, -0.05) is 6.08 Å². The Morgan fingerprint density at radius 1 is 1.62 bits per heavy atom. The van der Waals surface area contributed by atoms with Crippen LogP contribution in [0.2, 0.25) is 0 Å². The smallest absolute Gasteiger partial charge is 0.237 e. The average Bonchev–Trinajstić information content (AvgIpc) is 2.70. The molecule has 0 bridgehead atoms. The number of hydrogen-bond donors (Lipinski definition) is 3.